The van der Waals surface area contributed by atoms with Gasteiger partial charge in [-0.1, -0.05) is 20.8 Å². The van der Waals surface area contributed by atoms with Crippen LogP contribution in [0.15, 0.2) is 21.2 Å². The lowest BCUT2D eigenvalue weighted by Crippen LogP contribution is -2.27. The van der Waals surface area contributed by atoms with Gasteiger partial charge in [0.15, 0.2) is 4.67 Å². The maximum absolute atomic E-state index is 12.2. The second-order valence-electron chi connectivity index (χ2n) is 5.62. The molecule has 0 aliphatic carbocycles. The van der Waals surface area contributed by atoms with Gasteiger partial charge in [0, 0.05) is 12.5 Å². The summed E-state index contributed by atoms with van der Waals surface area (Å²) in [5.74, 6) is 1.31. The van der Waals surface area contributed by atoms with Crippen molar-refractivity contribution in [1.29, 1.82) is 0 Å². The highest BCUT2D eigenvalue weighted by molar-refractivity contribution is 9.10. The summed E-state index contributed by atoms with van der Waals surface area (Å²) in [6, 6.07) is 3.60. The van der Waals surface area contributed by atoms with Gasteiger partial charge in [-0.2, -0.15) is 0 Å². The number of aromatic amines is 1. The van der Waals surface area contributed by atoms with Crippen LogP contribution < -0.4 is 0 Å². The van der Waals surface area contributed by atoms with Crippen LogP contribution in [0.2, 0.25) is 0 Å². The molecule has 0 unspecified atom stereocenters. The van der Waals surface area contributed by atoms with Crippen LogP contribution in [-0.2, 0) is 12.0 Å². The molecule has 0 aliphatic rings. The van der Waals surface area contributed by atoms with E-state index in [0.717, 1.165) is 0 Å². The summed E-state index contributed by atoms with van der Waals surface area (Å²) < 4.78 is 6.01. The number of nitrogens with zero attached hydrogens (tertiary/aromatic N) is 3. The number of hydrogen-bond donors (Lipinski definition) is 1. The molecule has 0 saturated heterocycles. The Bertz CT molecular complexity index is 612. The van der Waals surface area contributed by atoms with Crippen LogP contribution in [0.1, 0.15) is 43.0 Å². The molecule has 20 heavy (non-hydrogen) atoms. The molecule has 0 radical (unpaired) electrons. The van der Waals surface area contributed by atoms with Gasteiger partial charge < -0.3 is 9.32 Å². The maximum Gasteiger partial charge on any atom is 0.293 e. The van der Waals surface area contributed by atoms with Crippen molar-refractivity contribution in [2.24, 2.45) is 0 Å². The standard InChI is InChI=1S/C13H17BrN4O2/c1-13(2,3)12-15-10(16-17-12)11(19)18(4)7-8-5-6-9(14)20-8/h5-6H,7H2,1-4H3,(H,15,16,17). The summed E-state index contributed by atoms with van der Waals surface area (Å²) in [6.07, 6.45) is 0. The third kappa shape index (κ3) is 3.27. The Morgan fingerprint density at radius 2 is 2.15 bits per heavy atom. The van der Waals surface area contributed by atoms with E-state index in [2.05, 4.69) is 31.1 Å². The normalized spacial score (nSPS) is 11.7. The topological polar surface area (TPSA) is 75.0 Å². The van der Waals surface area contributed by atoms with Gasteiger partial charge in [-0.25, -0.2) is 4.98 Å². The Hall–Kier alpha value is -1.63. The molecule has 2 rings (SSSR count). The fraction of sp³-hybridized carbons (Fsp3) is 0.462. The van der Waals surface area contributed by atoms with Gasteiger partial charge >= 0.3 is 0 Å². The van der Waals surface area contributed by atoms with E-state index < -0.39 is 0 Å². The van der Waals surface area contributed by atoms with E-state index in [1.54, 1.807) is 13.1 Å². The van der Waals surface area contributed by atoms with Gasteiger partial charge in [0.25, 0.3) is 5.91 Å². The van der Waals surface area contributed by atoms with E-state index in [0.29, 0.717) is 22.8 Å². The van der Waals surface area contributed by atoms with Crippen LogP contribution in [0.25, 0.3) is 0 Å². The Morgan fingerprint density at radius 1 is 1.45 bits per heavy atom. The molecule has 0 spiro atoms. The molecule has 1 amide bonds. The number of H-pyrrole nitrogens is 1. The zero-order valence-corrected chi connectivity index (χ0v) is 13.5. The molecule has 0 fully saturated rings. The first-order valence-electron chi connectivity index (χ1n) is 6.20. The highest BCUT2D eigenvalue weighted by Gasteiger charge is 2.23. The summed E-state index contributed by atoms with van der Waals surface area (Å²) in [4.78, 5) is 18.0. The SMILES string of the molecule is CN(Cc1ccc(Br)o1)C(=O)c1n[nH]c(C(C)(C)C)n1. The number of aromatic nitrogens is 3. The second-order valence-corrected chi connectivity index (χ2v) is 6.41. The Labute approximate surface area is 125 Å². The van der Waals surface area contributed by atoms with Gasteiger partial charge in [0.1, 0.15) is 11.6 Å². The monoisotopic (exact) mass is 340 g/mol. The van der Waals surface area contributed by atoms with Crippen LogP contribution in [-0.4, -0.2) is 33.0 Å². The van der Waals surface area contributed by atoms with E-state index in [-0.39, 0.29) is 17.1 Å². The van der Waals surface area contributed by atoms with Crippen molar-refractivity contribution in [2.75, 3.05) is 7.05 Å². The van der Waals surface area contributed by atoms with Crippen LogP contribution in [0.3, 0.4) is 0 Å². The summed E-state index contributed by atoms with van der Waals surface area (Å²) in [7, 11) is 1.69. The van der Waals surface area contributed by atoms with Crippen molar-refractivity contribution in [3.63, 3.8) is 0 Å². The first kappa shape index (κ1) is 14.8. The molecule has 0 atom stereocenters. The number of furan rings is 1. The van der Waals surface area contributed by atoms with Crippen molar-refractivity contribution in [1.82, 2.24) is 20.1 Å². The minimum absolute atomic E-state index is 0.169. The Balaban J connectivity index is 2.09. The van der Waals surface area contributed by atoms with Crippen molar-refractivity contribution < 1.29 is 9.21 Å². The predicted octanol–water partition coefficient (Wildman–Crippen LogP) is 2.73. The summed E-state index contributed by atoms with van der Waals surface area (Å²) in [5, 5.41) is 6.79. The maximum atomic E-state index is 12.2. The third-order valence-corrected chi connectivity index (χ3v) is 3.18. The zero-order valence-electron chi connectivity index (χ0n) is 11.9. The number of carbonyl (C=O) groups excluding carboxylic acids is 1. The molecule has 7 heteroatoms. The van der Waals surface area contributed by atoms with E-state index in [1.807, 2.05) is 26.8 Å². The number of halogens is 1. The lowest BCUT2D eigenvalue weighted by Gasteiger charge is -2.14. The van der Waals surface area contributed by atoms with Crippen LogP contribution in [0, 0.1) is 0 Å². The van der Waals surface area contributed by atoms with E-state index in [9.17, 15) is 4.79 Å². The first-order chi connectivity index (χ1) is 9.27. The quantitative estimate of drug-likeness (QED) is 0.931. The number of carbonyl (C=O) groups is 1. The van der Waals surface area contributed by atoms with Crippen LogP contribution in [0.5, 0.6) is 0 Å². The molecule has 0 bridgehead atoms. The van der Waals surface area contributed by atoms with Crippen molar-refractivity contribution in [3.8, 4) is 0 Å². The third-order valence-electron chi connectivity index (χ3n) is 2.76. The van der Waals surface area contributed by atoms with Crippen molar-refractivity contribution in [2.45, 2.75) is 32.7 Å². The minimum Gasteiger partial charge on any atom is -0.452 e. The Morgan fingerprint density at radius 3 is 2.65 bits per heavy atom. The fourth-order valence-electron chi connectivity index (χ4n) is 1.61. The zero-order chi connectivity index (χ0) is 14.9. The average molecular weight is 341 g/mol. The summed E-state index contributed by atoms with van der Waals surface area (Å²) in [6.45, 7) is 6.38. The lowest BCUT2D eigenvalue weighted by atomic mass is 9.96. The molecule has 2 aromatic heterocycles. The number of hydrogen-bond acceptors (Lipinski definition) is 4. The first-order valence-corrected chi connectivity index (χ1v) is 6.99. The fourth-order valence-corrected chi connectivity index (χ4v) is 1.95. The molecule has 2 aromatic rings. The number of nitrogens with one attached hydrogen (secondary N) is 1. The van der Waals surface area contributed by atoms with Gasteiger partial charge in [-0.05, 0) is 28.1 Å². The van der Waals surface area contributed by atoms with E-state index in [1.165, 1.54) is 4.90 Å². The smallest absolute Gasteiger partial charge is 0.293 e. The van der Waals surface area contributed by atoms with Gasteiger partial charge in [-0.3, -0.25) is 9.89 Å². The molecular formula is C13H17BrN4O2. The molecule has 108 valence electrons. The molecule has 0 aromatic carbocycles. The predicted molar refractivity (Wildman–Crippen MR) is 77.3 cm³/mol. The van der Waals surface area contributed by atoms with Crippen molar-refractivity contribution >= 4 is 21.8 Å². The van der Waals surface area contributed by atoms with Gasteiger partial charge in [0.2, 0.25) is 5.82 Å². The van der Waals surface area contributed by atoms with Crippen molar-refractivity contribution in [3.05, 3.63) is 34.2 Å². The van der Waals surface area contributed by atoms with E-state index in [4.69, 9.17) is 4.42 Å². The van der Waals surface area contributed by atoms with Crippen LogP contribution >= 0.6 is 15.9 Å². The van der Waals surface area contributed by atoms with Gasteiger partial charge in [0.05, 0.1) is 6.54 Å². The highest BCUT2D eigenvalue weighted by Crippen LogP contribution is 2.18. The number of rotatable bonds is 3. The summed E-state index contributed by atoms with van der Waals surface area (Å²) >= 11 is 3.23. The molecule has 1 N–H and O–H groups in total. The number of amides is 1. The Kier molecular flexibility index (Phi) is 3.99. The largest absolute Gasteiger partial charge is 0.452 e. The summed E-state index contributed by atoms with van der Waals surface area (Å²) in [5.41, 5.74) is -0.171. The molecule has 0 saturated carbocycles. The average Bonchev–Trinajstić information content (AvgIpc) is 2.96. The van der Waals surface area contributed by atoms with Crippen LogP contribution in [0.4, 0.5) is 0 Å². The highest BCUT2D eigenvalue weighted by atomic mass is 79.9. The van der Waals surface area contributed by atoms with Gasteiger partial charge in [-0.15, -0.1) is 5.10 Å². The molecular weight excluding hydrogens is 324 g/mol. The van der Waals surface area contributed by atoms with E-state index >= 15 is 0 Å². The molecule has 2 heterocycles. The lowest BCUT2D eigenvalue weighted by molar-refractivity contribution is 0.0763. The second kappa shape index (κ2) is 5.40. The molecule has 0 aliphatic heterocycles. The minimum atomic E-state index is -0.246. The molecule has 6 nitrogen and oxygen atoms in total.